The second-order valence-corrected chi connectivity index (χ2v) is 8.86. The molecule has 0 aliphatic heterocycles. The molecule has 3 aromatic rings. The molecule has 2 N–H and O–H groups in total. The topological polar surface area (TPSA) is 111 Å². The number of anilines is 2. The fraction of sp³-hybridized carbons (Fsp3) is 0.412. The summed E-state index contributed by atoms with van der Waals surface area (Å²) in [5.74, 6) is 1.06. The molecule has 1 aliphatic rings. The molecule has 1 amide bonds. The van der Waals surface area contributed by atoms with Crippen molar-refractivity contribution >= 4 is 40.0 Å². The van der Waals surface area contributed by atoms with Gasteiger partial charge in [0.25, 0.3) is 5.95 Å². The van der Waals surface area contributed by atoms with Crippen LogP contribution in [0.2, 0.25) is 0 Å². The van der Waals surface area contributed by atoms with Crippen LogP contribution in [0, 0.1) is 20.8 Å². The molecule has 1 fully saturated rings. The highest BCUT2D eigenvalue weighted by Gasteiger charge is 2.22. The molecule has 0 saturated heterocycles. The van der Waals surface area contributed by atoms with Crippen molar-refractivity contribution in [3.05, 3.63) is 29.2 Å². The highest BCUT2D eigenvalue weighted by atomic mass is 32.2. The number of carbonyl (C=O) groups excluding carboxylic acids is 1. The first-order chi connectivity index (χ1) is 13.5. The summed E-state index contributed by atoms with van der Waals surface area (Å²) in [6, 6.07) is 4.22. The molecule has 0 radical (unpaired) electrons. The molecular weight excluding hydrogens is 396 g/mol. The third-order valence-corrected chi connectivity index (χ3v) is 5.88. The molecule has 4 rings (SSSR count). The standard InChI is InChI=1S/C17H20N8OS2/c1-9-6-10(2)19-15(18-9)25-13(7-11(3)24-25)21-14(26)8-27-17-23-22-16(28-17)20-12-4-5-12/h6-7,12H,4-5,8H2,1-3H3,(H,20,22)(H,21,26). The van der Waals surface area contributed by atoms with Gasteiger partial charge in [0, 0.05) is 23.5 Å². The molecule has 1 saturated carbocycles. The Labute approximate surface area is 170 Å². The van der Waals surface area contributed by atoms with Crippen LogP contribution in [0.15, 0.2) is 16.5 Å². The molecule has 0 bridgehead atoms. The Balaban J connectivity index is 1.41. The van der Waals surface area contributed by atoms with Crippen LogP contribution in [0.1, 0.15) is 29.9 Å². The van der Waals surface area contributed by atoms with Gasteiger partial charge in [-0.25, -0.2) is 9.97 Å². The molecule has 3 heterocycles. The maximum atomic E-state index is 12.4. The molecule has 0 atom stereocenters. The van der Waals surface area contributed by atoms with E-state index in [-0.39, 0.29) is 11.7 Å². The van der Waals surface area contributed by atoms with Crippen LogP contribution in [0.25, 0.3) is 5.95 Å². The van der Waals surface area contributed by atoms with Crippen LogP contribution in [0.3, 0.4) is 0 Å². The molecular formula is C17H20N8OS2. The van der Waals surface area contributed by atoms with E-state index >= 15 is 0 Å². The molecule has 0 spiro atoms. The Morgan fingerprint density at radius 1 is 1.18 bits per heavy atom. The monoisotopic (exact) mass is 416 g/mol. The largest absolute Gasteiger partial charge is 0.357 e. The van der Waals surface area contributed by atoms with Gasteiger partial charge in [-0.3, -0.25) is 4.79 Å². The van der Waals surface area contributed by atoms with Crippen molar-refractivity contribution < 1.29 is 4.79 Å². The Bertz CT molecular complexity index is 990. The zero-order valence-corrected chi connectivity index (χ0v) is 17.4. The highest BCUT2D eigenvalue weighted by molar-refractivity contribution is 8.01. The molecule has 3 aromatic heterocycles. The van der Waals surface area contributed by atoms with Crippen LogP contribution in [-0.2, 0) is 4.79 Å². The second kappa shape index (κ2) is 7.84. The fourth-order valence-corrected chi connectivity index (χ4v) is 4.21. The van der Waals surface area contributed by atoms with E-state index in [1.54, 1.807) is 10.7 Å². The number of amides is 1. The van der Waals surface area contributed by atoms with Crippen LogP contribution >= 0.6 is 23.1 Å². The minimum Gasteiger partial charge on any atom is -0.357 e. The molecule has 0 unspecified atom stereocenters. The number of carbonyl (C=O) groups is 1. The summed E-state index contributed by atoms with van der Waals surface area (Å²) >= 11 is 2.83. The van der Waals surface area contributed by atoms with Gasteiger partial charge in [0.15, 0.2) is 4.34 Å². The van der Waals surface area contributed by atoms with Gasteiger partial charge >= 0.3 is 0 Å². The average molecular weight is 417 g/mol. The number of hydrogen-bond acceptors (Lipinski definition) is 9. The van der Waals surface area contributed by atoms with Crippen LogP contribution in [0.5, 0.6) is 0 Å². The van der Waals surface area contributed by atoms with Gasteiger partial charge in [-0.05, 0) is 39.7 Å². The van der Waals surface area contributed by atoms with Gasteiger partial charge in [-0.15, -0.1) is 10.2 Å². The Morgan fingerprint density at radius 2 is 1.93 bits per heavy atom. The van der Waals surface area contributed by atoms with E-state index in [2.05, 4.69) is 35.9 Å². The summed E-state index contributed by atoms with van der Waals surface area (Å²) in [6.07, 6.45) is 2.36. The van der Waals surface area contributed by atoms with Gasteiger partial charge in [-0.1, -0.05) is 23.1 Å². The quantitative estimate of drug-likeness (QED) is 0.566. The predicted molar refractivity (Wildman–Crippen MR) is 109 cm³/mol. The maximum absolute atomic E-state index is 12.4. The number of rotatable bonds is 7. The van der Waals surface area contributed by atoms with Gasteiger partial charge in [0.1, 0.15) is 5.82 Å². The lowest BCUT2D eigenvalue weighted by molar-refractivity contribution is -0.113. The van der Waals surface area contributed by atoms with Crippen molar-refractivity contribution in [3.63, 3.8) is 0 Å². The lowest BCUT2D eigenvalue weighted by Gasteiger charge is -2.08. The summed E-state index contributed by atoms with van der Waals surface area (Å²) in [4.78, 5) is 21.3. The van der Waals surface area contributed by atoms with Crippen LogP contribution in [-0.4, -0.2) is 47.6 Å². The van der Waals surface area contributed by atoms with Crippen molar-refractivity contribution in [1.82, 2.24) is 29.9 Å². The predicted octanol–water partition coefficient (Wildman–Crippen LogP) is 2.74. The SMILES string of the molecule is Cc1cc(C)nc(-n2nc(C)cc2NC(=O)CSc2nnc(NC3CC3)s2)n1. The van der Waals surface area contributed by atoms with E-state index in [1.165, 1.54) is 35.9 Å². The first-order valence-electron chi connectivity index (χ1n) is 8.88. The normalized spacial score (nSPS) is 13.5. The maximum Gasteiger partial charge on any atom is 0.252 e. The summed E-state index contributed by atoms with van der Waals surface area (Å²) < 4.78 is 2.32. The molecule has 28 heavy (non-hydrogen) atoms. The number of thioether (sulfide) groups is 1. The smallest absolute Gasteiger partial charge is 0.252 e. The van der Waals surface area contributed by atoms with E-state index in [9.17, 15) is 4.79 Å². The van der Waals surface area contributed by atoms with E-state index in [1.807, 2.05) is 26.8 Å². The Morgan fingerprint density at radius 3 is 2.64 bits per heavy atom. The first kappa shape index (κ1) is 18.8. The minimum atomic E-state index is -0.151. The molecule has 9 nitrogen and oxygen atoms in total. The van der Waals surface area contributed by atoms with Crippen molar-refractivity contribution in [2.45, 2.75) is 44.0 Å². The van der Waals surface area contributed by atoms with E-state index in [0.717, 1.165) is 26.6 Å². The average Bonchev–Trinajstić information content (AvgIpc) is 3.19. The summed E-state index contributed by atoms with van der Waals surface area (Å²) in [5, 5.41) is 19.6. The second-order valence-electron chi connectivity index (χ2n) is 6.66. The lowest BCUT2D eigenvalue weighted by atomic mass is 10.4. The summed E-state index contributed by atoms with van der Waals surface area (Å²) in [5.41, 5.74) is 2.45. The third-order valence-electron chi connectivity index (χ3n) is 3.90. The van der Waals surface area contributed by atoms with E-state index in [0.29, 0.717) is 17.8 Å². The highest BCUT2D eigenvalue weighted by Crippen LogP contribution is 2.30. The van der Waals surface area contributed by atoms with Gasteiger partial charge < -0.3 is 10.6 Å². The summed E-state index contributed by atoms with van der Waals surface area (Å²) in [7, 11) is 0. The van der Waals surface area contributed by atoms with Crippen molar-refractivity contribution in [2.75, 3.05) is 16.4 Å². The lowest BCUT2D eigenvalue weighted by Crippen LogP contribution is -2.18. The molecule has 1 aliphatic carbocycles. The minimum absolute atomic E-state index is 0.151. The number of nitrogens with zero attached hydrogens (tertiary/aromatic N) is 6. The van der Waals surface area contributed by atoms with Gasteiger partial charge in [0.2, 0.25) is 11.0 Å². The molecule has 0 aromatic carbocycles. The molecule has 146 valence electrons. The van der Waals surface area contributed by atoms with Gasteiger partial charge in [0.05, 0.1) is 11.4 Å². The zero-order chi connectivity index (χ0) is 19.7. The van der Waals surface area contributed by atoms with Crippen LogP contribution < -0.4 is 10.6 Å². The van der Waals surface area contributed by atoms with Crippen molar-refractivity contribution in [1.29, 1.82) is 0 Å². The summed E-state index contributed by atoms with van der Waals surface area (Å²) in [6.45, 7) is 5.66. The Kier molecular flexibility index (Phi) is 5.27. The van der Waals surface area contributed by atoms with E-state index < -0.39 is 0 Å². The van der Waals surface area contributed by atoms with Crippen molar-refractivity contribution in [3.8, 4) is 5.95 Å². The van der Waals surface area contributed by atoms with Crippen LogP contribution in [0.4, 0.5) is 10.9 Å². The van der Waals surface area contributed by atoms with Crippen molar-refractivity contribution in [2.24, 2.45) is 0 Å². The number of aryl methyl sites for hydroxylation is 3. The fourth-order valence-electron chi connectivity index (χ4n) is 2.58. The third kappa shape index (κ3) is 4.65. The van der Waals surface area contributed by atoms with E-state index in [4.69, 9.17) is 0 Å². The van der Waals surface area contributed by atoms with Gasteiger partial charge in [-0.2, -0.15) is 9.78 Å². The number of hydrogen-bond donors (Lipinski definition) is 2. The number of nitrogens with one attached hydrogen (secondary N) is 2. The first-order valence-corrected chi connectivity index (χ1v) is 10.7. The molecule has 11 heteroatoms. The Hall–Kier alpha value is -2.53. The zero-order valence-electron chi connectivity index (χ0n) is 15.8. The number of aromatic nitrogens is 6.